The summed E-state index contributed by atoms with van der Waals surface area (Å²) in [5.74, 6) is 0. The first kappa shape index (κ1) is 12.0. The van der Waals surface area contributed by atoms with Crippen LogP contribution in [0.2, 0.25) is 0 Å². The van der Waals surface area contributed by atoms with Gasteiger partial charge in [0.25, 0.3) is 0 Å². The van der Waals surface area contributed by atoms with Crippen LogP contribution in [0, 0.1) is 0 Å². The van der Waals surface area contributed by atoms with Crippen LogP contribution >= 0.6 is 11.9 Å². The van der Waals surface area contributed by atoms with Gasteiger partial charge in [0.1, 0.15) is 0 Å². The molecule has 0 amide bonds. The molecule has 0 saturated heterocycles. The summed E-state index contributed by atoms with van der Waals surface area (Å²) in [5, 5.41) is 0. The Morgan fingerprint density at radius 1 is 1.44 bits per heavy atom. The monoisotopic (exact) mass is 149 g/mol. The summed E-state index contributed by atoms with van der Waals surface area (Å²) in [6, 6.07) is 0.662. The molecule has 0 aromatic carbocycles. The molecule has 0 spiro atoms. The number of nitrogens with one attached hydrogen (secondary N) is 1. The zero-order chi connectivity index (χ0) is 7.70. The van der Waals surface area contributed by atoms with Crippen LogP contribution in [0.5, 0.6) is 0 Å². The molecule has 0 aliphatic rings. The Labute approximate surface area is 63.7 Å². The van der Waals surface area contributed by atoms with E-state index in [9.17, 15) is 0 Å². The van der Waals surface area contributed by atoms with Gasteiger partial charge in [-0.3, -0.25) is 4.72 Å². The van der Waals surface area contributed by atoms with Gasteiger partial charge in [0.05, 0.1) is 0 Å². The lowest BCUT2D eigenvalue weighted by Gasteiger charge is -2.05. The van der Waals surface area contributed by atoms with E-state index < -0.39 is 0 Å². The first-order valence-electron chi connectivity index (χ1n) is 3.59. The molecule has 9 heavy (non-hydrogen) atoms. The molecule has 1 nitrogen and oxygen atoms in total. The topological polar surface area (TPSA) is 12.0 Å². The molecule has 0 aromatic heterocycles. The Kier molecular flexibility index (Phi) is 14.9. The molecule has 2 heteroatoms. The van der Waals surface area contributed by atoms with Crippen molar-refractivity contribution >= 4 is 11.9 Å². The van der Waals surface area contributed by atoms with Crippen LogP contribution in [0.25, 0.3) is 0 Å². The van der Waals surface area contributed by atoms with E-state index in [0.29, 0.717) is 6.04 Å². The molecule has 0 bridgehead atoms. The summed E-state index contributed by atoms with van der Waals surface area (Å²) in [6.07, 6.45) is 3.26. The summed E-state index contributed by atoms with van der Waals surface area (Å²) >= 11 is 1.68. The Balaban J connectivity index is 0. The maximum atomic E-state index is 3.21. The molecular weight excluding hydrogens is 130 g/mol. The Morgan fingerprint density at radius 2 is 1.89 bits per heavy atom. The zero-order valence-electron chi connectivity index (χ0n) is 7.19. The molecular formula is C7H19NS. The van der Waals surface area contributed by atoms with Crippen molar-refractivity contribution in [2.75, 3.05) is 6.26 Å². The molecule has 0 saturated carbocycles. The smallest absolute Gasteiger partial charge is 0.0140 e. The third-order valence-corrected chi connectivity index (χ3v) is 1.57. The van der Waals surface area contributed by atoms with Crippen LogP contribution < -0.4 is 4.72 Å². The largest absolute Gasteiger partial charge is 0.262 e. The fourth-order valence-electron chi connectivity index (χ4n) is 0.285. The standard InChI is InChI=1S/C5H13NS.C2H6/c1-4-5(2)6-7-3;1-2/h5-6H,4H2,1-3H3;1-2H3. The average Bonchev–Trinajstić information content (AvgIpc) is 1.93. The molecule has 0 aliphatic carbocycles. The van der Waals surface area contributed by atoms with Gasteiger partial charge in [-0.15, -0.1) is 0 Å². The number of rotatable bonds is 3. The number of hydrogen-bond acceptors (Lipinski definition) is 2. The highest BCUT2D eigenvalue weighted by molar-refractivity contribution is 7.96. The van der Waals surface area contributed by atoms with Crippen LogP contribution in [-0.4, -0.2) is 12.3 Å². The Hall–Kier alpha value is 0.310. The maximum Gasteiger partial charge on any atom is 0.0140 e. The molecule has 58 valence electrons. The minimum Gasteiger partial charge on any atom is -0.262 e. The quantitative estimate of drug-likeness (QED) is 0.619. The van der Waals surface area contributed by atoms with Gasteiger partial charge in [-0.1, -0.05) is 32.7 Å². The van der Waals surface area contributed by atoms with Crippen molar-refractivity contribution in [3.8, 4) is 0 Å². The van der Waals surface area contributed by atoms with Crippen molar-refractivity contribution in [1.82, 2.24) is 4.72 Å². The average molecular weight is 149 g/mol. The summed E-state index contributed by atoms with van der Waals surface area (Å²) in [4.78, 5) is 0. The summed E-state index contributed by atoms with van der Waals surface area (Å²) < 4.78 is 3.21. The molecule has 1 N–H and O–H groups in total. The molecule has 0 rings (SSSR count). The fourth-order valence-corrected chi connectivity index (χ4v) is 0.854. The molecule has 1 unspecified atom stereocenters. The lowest BCUT2D eigenvalue weighted by atomic mass is 10.3. The molecule has 0 fully saturated rings. The minimum atomic E-state index is 0.662. The van der Waals surface area contributed by atoms with Gasteiger partial charge in [-0.25, -0.2) is 0 Å². The van der Waals surface area contributed by atoms with E-state index in [1.165, 1.54) is 6.42 Å². The van der Waals surface area contributed by atoms with Crippen LogP contribution in [0.4, 0.5) is 0 Å². The van der Waals surface area contributed by atoms with Crippen LogP contribution in [0.15, 0.2) is 0 Å². The third kappa shape index (κ3) is 11.7. The highest BCUT2D eigenvalue weighted by Crippen LogP contribution is 1.92. The first-order valence-corrected chi connectivity index (χ1v) is 4.82. The maximum absolute atomic E-state index is 3.21. The SMILES string of the molecule is CC.CCC(C)NSC. The van der Waals surface area contributed by atoms with Crippen molar-refractivity contribution in [1.29, 1.82) is 0 Å². The van der Waals surface area contributed by atoms with E-state index in [1.807, 2.05) is 20.1 Å². The van der Waals surface area contributed by atoms with Gasteiger partial charge in [0, 0.05) is 6.04 Å². The van der Waals surface area contributed by atoms with E-state index in [0.717, 1.165) is 0 Å². The molecule has 1 atom stereocenters. The molecule has 0 aliphatic heterocycles. The van der Waals surface area contributed by atoms with Gasteiger partial charge < -0.3 is 0 Å². The van der Waals surface area contributed by atoms with E-state index in [-0.39, 0.29) is 0 Å². The third-order valence-electron chi connectivity index (χ3n) is 0.931. The van der Waals surface area contributed by atoms with Gasteiger partial charge >= 0.3 is 0 Å². The van der Waals surface area contributed by atoms with Gasteiger partial charge in [-0.2, -0.15) is 0 Å². The van der Waals surface area contributed by atoms with Crippen molar-refractivity contribution in [3.05, 3.63) is 0 Å². The normalized spacial score (nSPS) is 11.7. The van der Waals surface area contributed by atoms with E-state index >= 15 is 0 Å². The predicted octanol–water partition coefficient (Wildman–Crippen LogP) is 2.68. The predicted molar refractivity (Wildman–Crippen MR) is 47.8 cm³/mol. The van der Waals surface area contributed by atoms with Gasteiger partial charge in [-0.05, 0) is 19.6 Å². The molecule has 0 heterocycles. The van der Waals surface area contributed by atoms with Crippen molar-refractivity contribution in [3.63, 3.8) is 0 Å². The second kappa shape index (κ2) is 11.2. The highest BCUT2D eigenvalue weighted by Gasteiger charge is 1.90. The highest BCUT2D eigenvalue weighted by atomic mass is 32.2. The summed E-state index contributed by atoms with van der Waals surface area (Å²) in [5.41, 5.74) is 0. The van der Waals surface area contributed by atoms with Gasteiger partial charge in [0.15, 0.2) is 0 Å². The fraction of sp³-hybridized carbons (Fsp3) is 1.00. The van der Waals surface area contributed by atoms with Crippen molar-refractivity contribution in [2.24, 2.45) is 0 Å². The van der Waals surface area contributed by atoms with Gasteiger partial charge in [0.2, 0.25) is 0 Å². The van der Waals surface area contributed by atoms with E-state index in [4.69, 9.17) is 0 Å². The zero-order valence-corrected chi connectivity index (χ0v) is 8.01. The summed E-state index contributed by atoms with van der Waals surface area (Å²) in [7, 11) is 0. The van der Waals surface area contributed by atoms with Crippen LogP contribution in [0.3, 0.4) is 0 Å². The Bertz CT molecular complexity index is 39.9. The van der Waals surface area contributed by atoms with Crippen LogP contribution in [0.1, 0.15) is 34.1 Å². The Morgan fingerprint density at radius 3 is 2.00 bits per heavy atom. The minimum absolute atomic E-state index is 0.662. The number of hydrogen-bond donors (Lipinski definition) is 1. The van der Waals surface area contributed by atoms with E-state index in [2.05, 4.69) is 18.6 Å². The van der Waals surface area contributed by atoms with Crippen molar-refractivity contribution in [2.45, 2.75) is 40.2 Å². The second-order valence-electron chi connectivity index (χ2n) is 1.63. The summed E-state index contributed by atoms with van der Waals surface area (Å²) in [6.45, 7) is 8.35. The van der Waals surface area contributed by atoms with Crippen molar-refractivity contribution < 1.29 is 0 Å². The van der Waals surface area contributed by atoms with Crippen LogP contribution in [-0.2, 0) is 0 Å². The lowest BCUT2D eigenvalue weighted by molar-refractivity contribution is 0.670. The molecule has 0 radical (unpaired) electrons. The molecule has 0 aromatic rings. The second-order valence-corrected chi connectivity index (χ2v) is 2.28. The van der Waals surface area contributed by atoms with E-state index in [1.54, 1.807) is 11.9 Å². The lowest BCUT2D eigenvalue weighted by Crippen LogP contribution is -2.16. The first-order chi connectivity index (χ1) is 4.31.